The zero-order chi connectivity index (χ0) is 19.4. The molecule has 2 rings (SSSR count). The van der Waals surface area contributed by atoms with E-state index in [2.05, 4.69) is 57.7 Å². The average Bonchev–Trinajstić information content (AvgIpc) is 2.54. The summed E-state index contributed by atoms with van der Waals surface area (Å²) < 4.78 is 32.4. The highest BCUT2D eigenvalue weighted by atomic mass is 128. The van der Waals surface area contributed by atoms with Crippen LogP contribution in [0.4, 0.5) is 17.1 Å². The molecule has 0 spiro atoms. The number of phenolic OH excluding ortho intramolecular Hbond substituents is 1. The second kappa shape index (κ2) is 9.00. The third-order valence-electron chi connectivity index (χ3n) is 3.22. The summed E-state index contributed by atoms with van der Waals surface area (Å²) in [6.45, 7) is 1.71. The first-order valence-corrected chi connectivity index (χ1v) is 14.2. The molecule has 12 heteroatoms. The average molecular weight is 591 g/mol. The Morgan fingerprint density at radius 2 is 1.60 bits per heavy atom. The van der Waals surface area contributed by atoms with E-state index in [1.807, 2.05) is 0 Å². The number of hydrogen-bond acceptors (Lipinski definition) is 8. The van der Waals surface area contributed by atoms with E-state index in [9.17, 15) is 18.1 Å². The normalized spacial score (nSPS) is 11.9. The first-order chi connectivity index (χ1) is 11.7. The molecule has 2 aromatic rings. The van der Waals surface area contributed by atoms with E-state index >= 15 is 0 Å². The number of hydrogen-bond donors (Lipinski definition) is 3. The molecular formula is C13H15I2N5O4S. The summed E-state index contributed by atoms with van der Waals surface area (Å²) in [7, 11) is -1.84. The molecule has 9 nitrogen and oxygen atoms in total. The zero-order valence-corrected chi connectivity index (χ0v) is 18.5. The number of nitrogen functional groups attached to an aromatic ring is 1. The van der Waals surface area contributed by atoms with Gasteiger partial charge >= 0.3 is 0 Å². The highest BCUT2D eigenvalue weighted by molar-refractivity contribution is 15.0. The van der Waals surface area contributed by atoms with Crippen LogP contribution in [0.1, 0.15) is 5.56 Å². The summed E-state index contributed by atoms with van der Waals surface area (Å²) >= 11 is 4.24. The molecule has 2 aromatic carbocycles. The molecule has 0 aliphatic rings. The molecule has 0 aliphatic carbocycles. The van der Waals surface area contributed by atoms with Gasteiger partial charge in [0.1, 0.15) is 16.3 Å². The molecule has 0 amide bonds. The SMILES string of the molecule is CN=Nc1c(C)cc2cc(S(=O)(=O)O)c(N=NC)c(O)c2c1N.II. The lowest BCUT2D eigenvalue weighted by atomic mass is 10.0. The molecule has 0 heterocycles. The third kappa shape index (κ3) is 4.53. The molecule has 0 unspecified atom stereocenters. The quantitative estimate of drug-likeness (QED) is 0.201. The topological polar surface area (TPSA) is 150 Å². The Balaban J connectivity index is 0.00000151. The standard InChI is InChI=1S/C13H15N5O4S.I2/c1-6-4-7-5-8(23(20,21)22)12(18-16-3)13(19)9(7)10(14)11(6)17-15-2;1-2/h4-5,19H,14H2,1-3H3,(H,20,21,22);. The maximum absolute atomic E-state index is 11.5. The molecular weight excluding hydrogens is 576 g/mol. The second-order valence-electron chi connectivity index (χ2n) is 4.70. The van der Waals surface area contributed by atoms with E-state index in [0.29, 0.717) is 16.6 Å². The van der Waals surface area contributed by atoms with Crippen molar-refractivity contribution in [2.24, 2.45) is 20.5 Å². The van der Waals surface area contributed by atoms with Crippen molar-refractivity contribution in [3.8, 4) is 5.75 Å². The van der Waals surface area contributed by atoms with Gasteiger partial charge in [-0.2, -0.15) is 28.9 Å². The molecule has 136 valence electrons. The van der Waals surface area contributed by atoms with Gasteiger partial charge in [0, 0.05) is 51.3 Å². The highest BCUT2D eigenvalue weighted by Gasteiger charge is 2.24. The minimum absolute atomic E-state index is 0.123. The van der Waals surface area contributed by atoms with Crippen LogP contribution in [0.2, 0.25) is 0 Å². The molecule has 0 radical (unpaired) electrons. The molecule has 0 fully saturated rings. The summed E-state index contributed by atoms with van der Waals surface area (Å²) in [6.07, 6.45) is 0. The van der Waals surface area contributed by atoms with Crippen LogP contribution < -0.4 is 5.73 Å². The number of benzene rings is 2. The Kier molecular flexibility index (Phi) is 7.88. The number of halogens is 2. The lowest BCUT2D eigenvalue weighted by Gasteiger charge is -2.13. The Bertz CT molecular complexity index is 961. The van der Waals surface area contributed by atoms with Crippen LogP contribution in [0.5, 0.6) is 5.75 Å². The van der Waals surface area contributed by atoms with Crippen molar-refractivity contribution in [3.05, 3.63) is 17.7 Å². The van der Waals surface area contributed by atoms with Crippen LogP contribution in [0.3, 0.4) is 0 Å². The van der Waals surface area contributed by atoms with Crippen LogP contribution in [0, 0.1) is 6.92 Å². The third-order valence-corrected chi connectivity index (χ3v) is 4.08. The van der Waals surface area contributed by atoms with Gasteiger partial charge in [-0.1, -0.05) is 0 Å². The van der Waals surface area contributed by atoms with Crippen molar-refractivity contribution in [1.29, 1.82) is 0 Å². The van der Waals surface area contributed by atoms with Gasteiger partial charge in [0.15, 0.2) is 5.75 Å². The monoisotopic (exact) mass is 591 g/mol. The maximum atomic E-state index is 11.5. The van der Waals surface area contributed by atoms with Crippen molar-refractivity contribution >= 4 is 75.2 Å². The number of nitrogens with two attached hydrogens (primary N) is 1. The Labute approximate surface area is 167 Å². The van der Waals surface area contributed by atoms with Crippen LogP contribution in [-0.2, 0) is 10.1 Å². The number of aromatic hydroxyl groups is 1. The van der Waals surface area contributed by atoms with Gasteiger partial charge in [-0.25, -0.2) is 0 Å². The van der Waals surface area contributed by atoms with Crippen LogP contribution in [0.15, 0.2) is 37.5 Å². The highest BCUT2D eigenvalue weighted by Crippen LogP contribution is 2.46. The van der Waals surface area contributed by atoms with Gasteiger partial charge in [-0.15, -0.1) is 0 Å². The number of azo groups is 2. The molecule has 0 aromatic heterocycles. The van der Waals surface area contributed by atoms with Gasteiger partial charge in [0.25, 0.3) is 10.1 Å². The first kappa shape index (κ1) is 21.9. The van der Waals surface area contributed by atoms with E-state index in [0.717, 1.165) is 0 Å². The number of fused-ring (bicyclic) bond motifs is 1. The van der Waals surface area contributed by atoms with Gasteiger partial charge in [0.2, 0.25) is 0 Å². The minimum atomic E-state index is -4.61. The number of anilines is 1. The summed E-state index contributed by atoms with van der Waals surface area (Å²) in [6, 6.07) is 2.75. The Hall–Kier alpha value is -1.13. The van der Waals surface area contributed by atoms with Gasteiger partial charge in [-0.3, -0.25) is 4.55 Å². The molecule has 4 N–H and O–H groups in total. The Morgan fingerprint density at radius 1 is 1.08 bits per heavy atom. The maximum Gasteiger partial charge on any atom is 0.296 e. The number of aryl methyl sites for hydroxylation is 1. The second-order valence-corrected chi connectivity index (χ2v) is 6.09. The molecule has 0 aliphatic heterocycles. The minimum Gasteiger partial charge on any atom is -0.505 e. The predicted octanol–water partition coefficient (Wildman–Crippen LogP) is 4.88. The summed E-state index contributed by atoms with van der Waals surface area (Å²) in [5.74, 6) is -0.509. The smallest absolute Gasteiger partial charge is 0.296 e. The van der Waals surface area contributed by atoms with E-state index in [1.165, 1.54) is 20.2 Å². The molecule has 0 saturated heterocycles. The number of phenols is 1. The van der Waals surface area contributed by atoms with Gasteiger partial charge in [-0.05, 0) is 30.0 Å². The van der Waals surface area contributed by atoms with E-state index < -0.39 is 26.5 Å². The van der Waals surface area contributed by atoms with Crippen molar-refractivity contribution in [2.75, 3.05) is 19.8 Å². The molecule has 0 bridgehead atoms. The van der Waals surface area contributed by atoms with Crippen LogP contribution in [-0.4, -0.2) is 32.2 Å². The predicted molar refractivity (Wildman–Crippen MR) is 113 cm³/mol. The fourth-order valence-electron chi connectivity index (χ4n) is 2.31. The Morgan fingerprint density at radius 3 is 2.08 bits per heavy atom. The van der Waals surface area contributed by atoms with E-state index in [1.54, 1.807) is 13.0 Å². The zero-order valence-electron chi connectivity index (χ0n) is 13.4. The van der Waals surface area contributed by atoms with Gasteiger partial charge < -0.3 is 10.8 Å². The lowest BCUT2D eigenvalue weighted by Crippen LogP contribution is -2.00. The van der Waals surface area contributed by atoms with Crippen molar-refractivity contribution in [2.45, 2.75) is 11.8 Å². The molecule has 25 heavy (non-hydrogen) atoms. The van der Waals surface area contributed by atoms with Crippen molar-refractivity contribution < 1.29 is 18.1 Å². The fraction of sp³-hybridized carbons (Fsp3) is 0.231. The molecule has 0 atom stereocenters. The summed E-state index contributed by atoms with van der Waals surface area (Å²) in [5, 5.41) is 25.5. The summed E-state index contributed by atoms with van der Waals surface area (Å²) in [5.41, 5.74) is 6.75. The van der Waals surface area contributed by atoms with Crippen molar-refractivity contribution in [1.82, 2.24) is 0 Å². The van der Waals surface area contributed by atoms with Gasteiger partial charge in [0.05, 0.1) is 11.1 Å². The molecule has 0 saturated carbocycles. The lowest BCUT2D eigenvalue weighted by molar-refractivity contribution is 0.472. The summed E-state index contributed by atoms with van der Waals surface area (Å²) in [4.78, 5) is -0.559. The van der Waals surface area contributed by atoms with Crippen molar-refractivity contribution in [3.63, 3.8) is 0 Å². The van der Waals surface area contributed by atoms with Crippen LogP contribution in [0.25, 0.3) is 10.8 Å². The fourth-order valence-corrected chi connectivity index (χ4v) is 2.97. The number of rotatable bonds is 3. The largest absolute Gasteiger partial charge is 0.505 e. The number of nitrogens with zero attached hydrogens (tertiary/aromatic N) is 4. The van der Waals surface area contributed by atoms with Crippen LogP contribution >= 0.6 is 37.2 Å². The first-order valence-electron chi connectivity index (χ1n) is 6.52. The van der Waals surface area contributed by atoms with E-state index in [-0.39, 0.29) is 11.1 Å². The van der Waals surface area contributed by atoms with E-state index in [4.69, 9.17) is 5.73 Å².